The number of carboxylic acids is 1. The van der Waals surface area contributed by atoms with Crippen molar-refractivity contribution in [3.63, 3.8) is 0 Å². The highest BCUT2D eigenvalue weighted by Crippen LogP contribution is 2.02. The molecular formula is C8H14ClNO4. The molecule has 5 nitrogen and oxygen atoms in total. The Bertz CT molecular complexity index is 229. The van der Waals surface area contributed by atoms with Crippen molar-refractivity contribution in [2.45, 2.75) is 19.4 Å². The summed E-state index contributed by atoms with van der Waals surface area (Å²) in [5.41, 5.74) is 5.25. The van der Waals surface area contributed by atoms with Gasteiger partial charge in [-0.25, -0.2) is 4.79 Å². The molecule has 0 spiro atoms. The third-order valence-electron chi connectivity index (χ3n) is 1.36. The summed E-state index contributed by atoms with van der Waals surface area (Å²) >= 11 is 0. The second-order valence-electron chi connectivity index (χ2n) is 2.47. The molecule has 3 N–H and O–H groups in total. The molecule has 82 valence electrons. The fourth-order valence-corrected chi connectivity index (χ4v) is 0.685. The van der Waals surface area contributed by atoms with Gasteiger partial charge in [-0.15, -0.1) is 12.4 Å². The van der Waals surface area contributed by atoms with Crippen LogP contribution in [0.1, 0.15) is 13.3 Å². The summed E-state index contributed by atoms with van der Waals surface area (Å²) in [6.07, 6.45) is -0.0891. The molecule has 0 aromatic carbocycles. The lowest BCUT2D eigenvalue weighted by Crippen LogP contribution is -2.33. The topological polar surface area (TPSA) is 89.6 Å². The Kier molecular flexibility index (Phi) is 8.08. The van der Waals surface area contributed by atoms with Crippen LogP contribution in [0.4, 0.5) is 0 Å². The van der Waals surface area contributed by atoms with E-state index in [0.717, 1.165) is 0 Å². The van der Waals surface area contributed by atoms with Crippen molar-refractivity contribution >= 4 is 24.3 Å². The monoisotopic (exact) mass is 223 g/mol. The summed E-state index contributed by atoms with van der Waals surface area (Å²) in [4.78, 5) is 21.2. The number of hydrogen-bond donors (Lipinski definition) is 2. The smallest absolute Gasteiger partial charge is 0.331 e. The van der Waals surface area contributed by atoms with Gasteiger partial charge < -0.3 is 15.6 Å². The SMILES string of the molecule is C=C(CC(N)C(=O)OCC)C(=O)O.Cl. The molecule has 0 saturated carbocycles. The molecule has 0 saturated heterocycles. The van der Waals surface area contributed by atoms with Gasteiger partial charge in [0, 0.05) is 12.0 Å². The van der Waals surface area contributed by atoms with Crippen LogP contribution in [0.25, 0.3) is 0 Å². The number of aliphatic carboxylic acids is 1. The van der Waals surface area contributed by atoms with Gasteiger partial charge in [-0.2, -0.15) is 0 Å². The van der Waals surface area contributed by atoms with Gasteiger partial charge in [0.1, 0.15) is 6.04 Å². The molecule has 0 amide bonds. The van der Waals surface area contributed by atoms with E-state index in [0.29, 0.717) is 0 Å². The van der Waals surface area contributed by atoms with Gasteiger partial charge in [-0.3, -0.25) is 4.79 Å². The standard InChI is InChI=1S/C8H13NO4.ClH/c1-3-13-8(12)6(9)4-5(2)7(10)11;/h6H,2-4,9H2,1H3,(H,10,11);1H. The van der Waals surface area contributed by atoms with E-state index in [-0.39, 0.29) is 31.0 Å². The van der Waals surface area contributed by atoms with Gasteiger partial charge in [0.15, 0.2) is 0 Å². The van der Waals surface area contributed by atoms with Gasteiger partial charge in [-0.1, -0.05) is 6.58 Å². The summed E-state index contributed by atoms with van der Waals surface area (Å²) in [6, 6.07) is -0.941. The molecule has 0 bridgehead atoms. The maximum Gasteiger partial charge on any atom is 0.331 e. The van der Waals surface area contributed by atoms with Crippen molar-refractivity contribution in [3.8, 4) is 0 Å². The van der Waals surface area contributed by atoms with E-state index in [9.17, 15) is 9.59 Å². The van der Waals surface area contributed by atoms with Crippen LogP contribution in [0.15, 0.2) is 12.2 Å². The summed E-state index contributed by atoms with van der Waals surface area (Å²) in [5.74, 6) is -1.76. The fourth-order valence-electron chi connectivity index (χ4n) is 0.685. The van der Waals surface area contributed by atoms with Crippen LogP contribution < -0.4 is 5.73 Å². The van der Waals surface area contributed by atoms with Gasteiger partial charge in [-0.05, 0) is 6.92 Å². The molecular weight excluding hydrogens is 210 g/mol. The molecule has 0 radical (unpaired) electrons. The number of ether oxygens (including phenoxy) is 1. The normalized spacial score (nSPS) is 11.0. The van der Waals surface area contributed by atoms with Gasteiger partial charge in [0.05, 0.1) is 6.61 Å². The number of nitrogens with two attached hydrogens (primary N) is 1. The Balaban J connectivity index is 0. The largest absolute Gasteiger partial charge is 0.478 e. The number of carbonyl (C=O) groups is 2. The van der Waals surface area contributed by atoms with Crippen LogP contribution in [0.2, 0.25) is 0 Å². The average molecular weight is 224 g/mol. The zero-order valence-electron chi connectivity index (χ0n) is 7.86. The lowest BCUT2D eigenvalue weighted by molar-refractivity contribution is -0.144. The van der Waals surface area contributed by atoms with Crippen molar-refractivity contribution in [1.29, 1.82) is 0 Å². The second-order valence-corrected chi connectivity index (χ2v) is 2.47. The summed E-state index contributed by atoms with van der Waals surface area (Å²) in [6.45, 7) is 5.13. The van der Waals surface area contributed by atoms with Crippen molar-refractivity contribution in [2.24, 2.45) is 5.73 Å². The average Bonchev–Trinajstić information content (AvgIpc) is 2.04. The predicted octanol–water partition coefficient (Wildman–Crippen LogP) is 0.329. The van der Waals surface area contributed by atoms with Crippen LogP contribution in [-0.4, -0.2) is 29.7 Å². The highest BCUT2D eigenvalue weighted by atomic mass is 35.5. The van der Waals surface area contributed by atoms with Crippen molar-refractivity contribution in [2.75, 3.05) is 6.61 Å². The van der Waals surface area contributed by atoms with Gasteiger partial charge >= 0.3 is 11.9 Å². The van der Waals surface area contributed by atoms with Crippen molar-refractivity contribution < 1.29 is 19.4 Å². The molecule has 0 aliphatic heterocycles. The number of rotatable bonds is 5. The minimum absolute atomic E-state index is 0. The zero-order chi connectivity index (χ0) is 10.4. The minimum atomic E-state index is -1.15. The molecule has 0 aromatic rings. The molecule has 14 heavy (non-hydrogen) atoms. The zero-order valence-corrected chi connectivity index (χ0v) is 8.67. The van der Waals surface area contributed by atoms with E-state index in [1.54, 1.807) is 6.92 Å². The molecule has 0 heterocycles. The first kappa shape index (κ1) is 15.4. The highest BCUT2D eigenvalue weighted by Gasteiger charge is 2.18. The predicted molar refractivity (Wildman–Crippen MR) is 53.2 cm³/mol. The third kappa shape index (κ3) is 5.55. The summed E-state index contributed by atoms with van der Waals surface area (Å²) in [5, 5.41) is 8.44. The molecule has 0 rings (SSSR count). The minimum Gasteiger partial charge on any atom is -0.478 e. The number of carbonyl (C=O) groups excluding carboxylic acids is 1. The molecule has 1 atom stereocenters. The Morgan fingerprint density at radius 3 is 2.43 bits per heavy atom. The van der Waals surface area contributed by atoms with Crippen molar-refractivity contribution in [3.05, 3.63) is 12.2 Å². The number of hydrogen-bond acceptors (Lipinski definition) is 4. The Morgan fingerprint density at radius 1 is 1.57 bits per heavy atom. The van der Waals surface area contributed by atoms with E-state index in [2.05, 4.69) is 11.3 Å². The van der Waals surface area contributed by atoms with E-state index in [4.69, 9.17) is 10.8 Å². The molecule has 6 heteroatoms. The quantitative estimate of drug-likeness (QED) is 0.518. The number of halogens is 1. The Morgan fingerprint density at radius 2 is 2.07 bits per heavy atom. The first-order chi connectivity index (χ1) is 5.99. The van der Waals surface area contributed by atoms with E-state index in [1.807, 2.05) is 0 Å². The molecule has 1 unspecified atom stereocenters. The number of esters is 1. The van der Waals surface area contributed by atoms with E-state index < -0.39 is 18.0 Å². The van der Waals surface area contributed by atoms with Gasteiger partial charge in [0.25, 0.3) is 0 Å². The first-order valence-electron chi connectivity index (χ1n) is 3.82. The van der Waals surface area contributed by atoms with E-state index in [1.165, 1.54) is 0 Å². The van der Waals surface area contributed by atoms with Crippen LogP contribution >= 0.6 is 12.4 Å². The highest BCUT2D eigenvalue weighted by molar-refractivity contribution is 5.87. The van der Waals surface area contributed by atoms with Crippen LogP contribution in [0, 0.1) is 0 Å². The van der Waals surface area contributed by atoms with Crippen LogP contribution in [0.5, 0.6) is 0 Å². The summed E-state index contributed by atoms with van der Waals surface area (Å²) in [7, 11) is 0. The third-order valence-corrected chi connectivity index (χ3v) is 1.36. The first-order valence-corrected chi connectivity index (χ1v) is 3.82. The van der Waals surface area contributed by atoms with Crippen LogP contribution in [-0.2, 0) is 14.3 Å². The lowest BCUT2D eigenvalue weighted by Gasteiger charge is -2.09. The van der Waals surface area contributed by atoms with Crippen LogP contribution in [0.3, 0.4) is 0 Å². The maximum atomic E-state index is 10.9. The van der Waals surface area contributed by atoms with E-state index >= 15 is 0 Å². The Labute approximate surface area is 88.3 Å². The molecule has 0 fully saturated rings. The van der Waals surface area contributed by atoms with Crippen molar-refractivity contribution in [1.82, 2.24) is 0 Å². The molecule has 0 aliphatic carbocycles. The Hall–Kier alpha value is -1.07. The maximum absolute atomic E-state index is 10.9. The summed E-state index contributed by atoms with van der Waals surface area (Å²) < 4.78 is 4.59. The molecule has 0 aliphatic rings. The van der Waals surface area contributed by atoms with Gasteiger partial charge in [0.2, 0.25) is 0 Å². The number of carboxylic acid groups (broad SMARTS) is 1. The second kappa shape index (κ2) is 7.34. The fraction of sp³-hybridized carbons (Fsp3) is 0.500. The molecule has 0 aromatic heterocycles. The lowest BCUT2D eigenvalue weighted by atomic mass is 10.1.